The van der Waals surface area contributed by atoms with Crippen LogP contribution in [0, 0.1) is 0 Å². The van der Waals surface area contributed by atoms with E-state index in [1.54, 1.807) is 10.8 Å². The lowest BCUT2D eigenvalue weighted by atomic mass is 10.4. The van der Waals surface area contributed by atoms with E-state index in [1.807, 2.05) is 6.92 Å². The van der Waals surface area contributed by atoms with Gasteiger partial charge in [-0.25, -0.2) is 13.4 Å². The molecule has 86 valence electrons. The summed E-state index contributed by atoms with van der Waals surface area (Å²) in [4.78, 5) is 3.82. The molecule has 0 saturated carbocycles. The Labute approximate surface area is 90.0 Å². The number of hydrogen-bond acceptors (Lipinski definition) is 4. The van der Waals surface area contributed by atoms with Crippen molar-refractivity contribution in [1.82, 2.24) is 9.55 Å². The van der Waals surface area contributed by atoms with Crippen molar-refractivity contribution in [2.75, 3.05) is 19.5 Å². The van der Waals surface area contributed by atoms with E-state index in [2.05, 4.69) is 4.98 Å². The van der Waals surface area contributed by atoms with E-state index in [-0.39, 0.29) is 5.16 Å². The zero-order valence-corrected chi connectivity index (χ0v) is 9.83. The van der Waals surface area contributed by atoms with Crippen molar-refractivity contribution in [3.8, 4) is 0 Å². The maximum atomic E-state index is 11.3. The van der Waals surface area contributed by atoms with Crippen LogP contribution in [0.1, 0.15) is 13.3 Å². The van der Waals surface area contributed by atoms with Crippen LogP contribution in [0.4, 0.5) is 0 Å². The van der Waals surface area contributed by atoms with Crippen LogP contribution in [0.5, 0.6) is 0 Å². The van der Waals surface area contributed by atoms with Crippen LogP contribution in [0.3, 0.4) is 0 Å². The third-order valence-corrected chi connectivity index (χ3v) is 2.90. The normalized spacial score (nSPS) is 11.9. The molecule has 0 bridgehead atoms. The second-order valence-corrected chi connectivity index (χ2v) is 5.14. The molecule has 1 aromatic heterocycles. The molecule has 0 aliphatic carbocycles. The highest BCUT2D eigenvalue weighted by atomic mass is 32.2. The van der Waals surface area contributed by atoms with Crippen molar-refractivity contribution in [3.63, 3.8) is 0 Å². The summed E-state index contributed by atoms with van der Waals surface area (Å²) in [6, 6.07) is 0. The van der Waals surface area contributed by atoms with Gasteiger partial charge in [-0.05, 0) is 13.3 Å². The third kappa shape index (κ3) is 3.64. The molecule has 0 N–H and O–H groups in total. The number of nitrogens with zero attached hydrogens (tertiary/aromatic N) is 2. The van der Waals surface area contributed by atoms with E-state index < -0.39 is 9.84 Å². The molecule has 0 atom stereocenters. The number of aromatic nitrogens is 2. The van der Waals surface area contributed by atoms with Gasteiger partial charge in [0.1, 0.15) is 0 Å². The first-order valence-corrected chi connectivity index (χ1v) is 6.73. The van der Waals surface area contributed by atoms with Crippen molar-refractivity contribution in [2.45, 2.75) is 25.0 Å². The Morgan fingerprint density at radius 3 is 2.87 bits per heavy atom. The third-order valence-electron chi connectivity index (χ3n) is 1.90. The molecule has 5 nitrogen and oxygen atoms in total. The average Bonchev–Trinajstić information content (AvgIpc) is 2.59. The lowest BCUT2D eigenvalue weighted by Gasteiger charge is -2.05. The summed E-state index contributed by atoms with van der Waals surface area (Å²) in [6.45, 7) is 3.86. The number of imidazole rings is 1. The first-order valence-electron chi connectivity index (χ1n) is 4.84. The Kier molecular flexibility index (Phi) is 4.28. The number of aryl methyl sites for hydroxylation is 1. The van der Waals surface area contributed by atoms with Crippen LogP contribution < -0.4 is 0 Å². The minimum Gasteiger partial charge on any atom is -0.382 e. The summed E-state index contributed by atoms with van der Waals surface area (Å²) in [6.07, 6.45) is 5.11. The first-order chi connectivity index (χ1) is 7.05. The molecule has 0 fully saturated rings. The Morgan fingerprint density at radius 2 is 2.27 bits per heavy atom. The van der Waals surface area contributed by atoms with Crippen molar-refractivity contribution in [1.29, 1.82) is 0 Å². The van der Waals surface area contributed by atoms with Crippen LogP contribution in [-0.4, -0.2) is 37.4 Å². The molecule has 0 amide bonds. The van der Waals surface area contributed by atoms with Crippen LogP contribution in [0.25, 0.3) is 0 Å². The SMILES string of the molecule is CCOCCCn1ccnc1S(C)(=O)=O. The lowest BCUT2D eigenvalue weighted by molar-refractivity contribution is 0.141. The monoisotopic (exact) mass is 232 g/mol. The second-order valence-electron chi connectivity index (χ2n) is 3.23. The largest absolute Gasteiger partial charge is 0.382 e. The molecule has 0 saturated heterocycles. The first kappa shape index (κ1) is 12.2. The number of hydrogen-bond donors (Lipinski definition) is 0. The topological polar surface area (TPSA) is 61.2 Å². The summed E-state index contributed by atoms with van der Waals surface area (Å²) < 4.78 is 29.4. The molecule has 0 spiro atoms. The van der Waals surface area contributed by atoms with Gasteiger partial charge in [0.15, 0.2) is 0 Å². The van der Waals surface area contributed by atoms with Crippen molar-refractivity contribution in [2.24, 2.45) is 0 Å². The number of sulfone groups is 1. The van der Waals surface area contributed by atoms with Crippen molar-refractivity contribution < 1.29 is 13.2 Å². The molecular weight excluding hydrogens is 216 g/mol. The van der Waals surface area contributed by atoms with Crippen LogP contribution in [0.2, 0.25) is 0 Å². The molecular formula is C9H16N2O3S. The highest BCUT2D eigenvalue weighted by Crippen LogP contribution is 2.06. The quantitative estimate of drug-likeness (QED) is 0.678. The van der Waals surface area contributed by atoms with Gasteiger partial charge < -0.3 is 9.30 Å². The van der Waals surface area contributed by atoms with Gasteiger partial charge in [-0.3, -0.25) is 0 Å². The van der Waals surface area contributed by atoms with Crippen LogP contribution in [-0.2, 0) is 21.1 Å². The maximum Gasteiger partial charge on any atom is 0.227 e. The van der Waals surface area contributed by atoms with E-state index >= 15 is 0 Å². The fraction of sp³-hybridized carbons (Fsp3) is 0.667. The standard InChI is InChI=1S/C9H16N2O3S/c1-3-14-8-4-6-11-7-5-10-9(11)15(2,12)13/h5,7H,3-4,6,8H2,1-2H3. The fourth-order valence-electron chi connectivity index (χ4n) is 1.28. The van der Waals surface area contributed by atoms with Crippen molar-refractivity contribution >= 4 is 9.84 Å². The highest BCUT2D eigenvalue weighted by molar-refractivity contribution is 7.90. The van der Waals surface area contributed by atoms with Crippen LogP contribution in [0.15, 0.2) is 17.6 Å². The number of rotatable bonds is 6. The molecule has 0 unspecified atom stereocenters. The Balaban J connectivity index is 2.59. The maximum absolute atomic E-state index is 11.3. The predicted molar refractivity (Wildman–Crippen MR) is 56.4 cm³/mol. The fourth-order valence-corrected chi connectivity index (χ4v) is 2.11. The van der Waals surface area contributed by atoms with Crippen LogP contribution >= 0.6 is 0 Å². The zero-order chi connectivity index (χ0) is 11.3. The minimum atomic E-state index is -3.22. The smallest absolute Gasteiger partial charge is 0.227 e. The lowest BCUT2D eigenvalue weighted by Crippen LogP contribution is -2.10. The predicted octanol–water partition coefficient (Wildman–Crippen LogP) is 0.713. The molecule has 1 heterocycles. The molecule has 0 aliphatic rings. The summed E-state index contributed by atoms with van der Waals surface area (Å²) >= 11 is 0. The van der Waals surface area contributed by atoms with E-state index in [1.165, 1.54) is 6.20 Å². The van der Waals surface area contributed by atoms with Gasteiger partial charge in [0.05, 0.1) is 0 Å². The summed E-state index contributed by atoms with van der Waals surface area (Å²) in [5, 5.41) is 0.124. The summed E-state index contributed by atoms with van der Waals surface area (Å²) in [5.74, 6) is 0. The molecule has 0 aliphatic heterocycles. The zero-order valence-electron chi connectivity index (χ0n) is 9.01. The van der Waals surface area contributed by atoms with Gasteiger partial charge in [-0.2, -0.15) is 0 Å². The van der Waals surface area contributed by atoms with Gasteiger partial charge in [0, 0.05) is 38.4 Å². The Bertz CT molecular complexity index is 397. The summed E-state index contributed by atoms with van der Waals surface area (Å²) in [5.41, 5.74) is 0. The summed E-state index contributed by atoms with van der Waals surface area (Å²) in [7, 11) is -3.22. The van der Waals surface area contributed by atoms with E-state index in [4.69, 9.17) is 4.74 Å². The van der Waals surface area contributed by atoms with Gasteiger partial charge in [-0.15, -0.1) is 0 Å². The van der Waals surface area contributed by atoms with E-state index in [0.29, 0.717) is 19.8 Å². The second kappa shape index (κ2) is 5.27. The van der Waals surface area contributed by atoms with Gasteiger partial charge in [-0.1, -0.05) is 0 Å². The molecule has 1 rings (SSSR count). The molecule has 15 heavy (non-hydrogen) atoms. The van der Waals surface area contributed by atoms with Crippen molar-refractivity contribution in [3.05, 3.63) is 12.4 Å². The van der Waals surface area contributed by atoms with E-state index in [9.17, 15) is 8.42 Å². The van der Waals surface area contributed by atoms with E-state index in [0.717, 1.165) is 12.7 Å². The molecule has 6 heteroatoms. The minimum absolute atomic E-state index is 0.124. The average molecular weight is 232 g/mol. The van der Waals surface area contributed by atoms with Gasteiger partial charge in [0.25, 0.3) is 0 Å². The molecule has 0 aromatic carbocycles. The molecule has 1 aromatic rings. The Hall–Kier alpha value is -0.880. The highest BCUT2D eigenvalue weighted by Gasteiger charge is 2.13. The van der Waals surface area contributed by atoms with Gasteiger partial charge >= 0.3 is 0 Å². The van der Waals surface area contributed by atoms with Gasteiger partial charge in [0.2, 0.25) is 15.0 Å². The number of ether oxygens (including phenoxy) is 1. The molecule has 0 radical (unpaired) electrons. The Morgan fingerprint density at radius 1 is 1.53 bits per heavy atom.